The van der Waals surface area contributed by atoms with Gasteiger partial charge >= 0.3 is 5.97 Å². The molecule has 1 aromatic carbocycles. The van der Waals surface area contributed by atoms with Crippen LogP contribution in [-0.4, -0.2) is 50.7 Å². The number of likely N-dealkylation sites (N-methyl/N-ethyl adjacent to an activating group) is 1. The maximum absolute atomic E-state index is 14.2. The van der Waals surface area contributed by atoms with Crippen molar-refractivity contribution < 1.29 is 13.9 Å². The molecule has 0 saturated carbocycles. The topological polar surface area (TPSA) is 32.8 Å². The summed E-state index contributed by atoms with van der Waals surface area (Å²) in [5.41, 5.74) is 0.737. The Balaban J connectivity index is 2.21. The zero-order valence-corrected chi connectivity index (χ0v) is 13.2. The molecule has 0 spiro atoms. The molecule has 1 aliphatic rings. The van der Waals surface area contributed by atoms with Crippen LogP contribution < -0.4 is 4.90 Å². The van der Waals surface area contributed by atoms with Gasteiger partial charge in [0.2, 0.25) is 0 Å². The molecule has 6 heteroatoms. The fourth-order valence-corrected chi connectivity index (χ4v) is 2.84. The van der Waals surface area contributed by atoms with Crippen molar-refractivity contribution in [3.05, 3.63) is 28.0 Å². The number of hydrogen-bond acceptors (Lipinski definition) is 4. The van der Waals surface area contributed by atoms with Crippen LogP contribution in [0.2, 0.25) is 0 Å². The molecule has 1 fully saturated rings. The molecule has 0 aromatic heterocycles. The Labute approximate surface area is 126 Å². The predicted molar refractivity (Wildman–Crippen MR) is 79.8 cm³/mol. The summed E-state index contributed by atoms with van der Waals surface area (Å²) in [5.74, 6) is -0.934. The Kier molecular flexibility index (Phi) is 4.99. The third-order valence-electron chi connectivity index (χ3n) is 3.60. The van der Waals surface area contributed by atoms with Gasteiger partial charge in [-0.05, 0) is 34.6 Å². The van der Waals surface area contributed by atoms with Crippen molar-refractivity contribution in [1.29, 1.82) is 0 Å². The largest absolute Gasteiger partial charge is 0.465 e. The number of esters is 1. The van der Waals surface area contributed by atoms with Crippen LogP contribution in [0.5, 0.6) is 0 Å². The number of nitrogens with zero attached hydrogens (tertiary/aromatic N) is 2. The second-order valence-corrected chi connectivity index (χ2v) is 5.55. The molecule has 0 radical (unpaired) electrons. The fraction of sp³-hybridized carbons (Fsp3) is 0.500. The van der Waals surface area contributed by atoms with Gasteiger partial charge < -0.3 is 14.5 Å². The number of rotatable bonds is 3. The number of methoxy groups -OCH3 is 1. The Morgan fingerprint density at radius 3 is 2.55 bits per heavy atom. The molecule has 20 heavy (non-hydrogen) atoms. The number of benzene rings is 1. The zero-order chi connectivity index (χ0) is 14.7. The van der Waals surface area contributed by atoms with Gasteiger partial charge in [0.25, 0.3) is 0 Å². The molecular formula is C14H18BrFN2O2. The molecule has 0 amide bonds. The fourth-order valence-electron chi connectivity index (χ4n) is 2.35. The van der Waals surface area contributed by atoms with Gasteiger partial charge in [-0.15, -0.1) is 0 Å². The summed E-state index contributed by atoms with van der Waals surface area (Å²) < 4.78 is 19.4. The highest BCUT2D eigenvalue weighted by Gasteiger charge is 2.21. The van der Waals surface area contributed by atoms with E-state index in [0.717, 1.165) is 32.7 Å². The standard InChI is InChI=1S/C14H18BrFN2O2/c1-3-17-4-6-18(7-5-17)13-9-11(15)10(8-12(13)16)14(19)20-2/h8-9H,3-7H2,1-2H3. The molecule has 0 bridgehead atoms. The van der Waals surface area contributed by atoms with Gasteiger partial charge in [0.05, 0.1) is 18.4 Å². The lowest BCUT2D eigenvalue weighted by molar-refractivity contribution is 0.0599. The first-order valence-corrected chi connectivity index (χ1v) is 7.40. The molecule has 0 atom stereocenters. The average Bonchev–Trinajstić information content (AvgIpc) is 2.48. The highest BCUT2D eigenvalue weighted by molar-refractivity contribution is 9.10. The Hall–Kier alpha value is -1.14. The van der Waals surface area contributed by atoms with Crippen molar-refractivity contribution >= 4 is 27.6 Å². The Morgan fingerprint density at radius 2 is 2.00 bits per heavy atom. The number of piperazine rings is 1. The van der Waals surface area contributed by atoms with E-state index in [9.17, 15) is 9.18 Å². The molecule has 1 saturated heterocycles. The number of anilines is 1. The van der Waals surface area contributed by atoms with Crippen molar-refractivity contribution in [1.82, 2.24) is 4.90 Å². The minimum atomic E-state index is -0.543. The summed E-state index contributed by atoms with van der Waals surface area (Å²) in [5, 5.41) is 0. The monoisotopic (exact) mass is 344 g/mol. The summed E-state index contributed by atoms with van der Waals surface area (Å²) in [4.78, 5) is 15.8. The van der Waals surface area contributed by atoms with Crippen molar-refractivity contribution in [2.45, 2.75) is 6.92 Å². The number of carbonyl (C=O) groups excluding carboxylic acids is 1. The summed E-state index contributed by atoms with van der Waals surface area (Å²) in [6.07, 6.45) is 0. The minimum absolute atomic E-state index is 0.209. The Morgan fingerprint density at radius 1 is 1.35 bits per heavy atom. The Bertz CT molecular complexity index is 502. The SMILES string of the molecule is CCN1CCN(c2cc(Br)c(C(=O)OC)cc2F)CC1. The van der Waals surface area contributed by atoms with E-state index >= 15 is 0 Å². The van der Waals surface area contributed by atoms with Crippen LogP contribution in [0.1, 0.15) is 17.3 Å². The van der Waals surface area contributed by atoms with E-state index in [1.807, 2.05) is 4.90 Å². The molecule has 0 N–H and O–H groups in total. The molecule has 0 unspecified atom stereocenters. The summed E-state index contributed by atoms with van der Waals surface area (Å²) in [7, 11) is 1.28. The average molecular weight is 345 g/mol. The predicted octanol–water partition coefficient (Wildman–Crippen LogP) is 2.52. The maximum atomic E-state index is 14.2. The highest BCUT2D eigenvalue weighted by Crippen LogP contribution is 2.28. The number of ether oxygens (including phenoxy) is 1. The lowest BCUT2D eigenvalue weighted by atomic mass is 10.1. The van der Waals surface area contributed by atoms with Crippen molar-refractivity contribution in [3.63, 3.8) is 0 Å². The van der Waals surface area contributed by atoms with Crippen molar-refractivity contribution in [2.75, 3.05) is 44.7 Å². The molecule has 110 valence electrons. The molecule has 0 aliphatic carbocycles. The third kappa shape index (κ3) is 3.12. The molecular weight excluding hydrogens is 327 g/mol. The first-order chi connectivity index (χ1) is 9.56. The molecule has 1 heterocycles. The minimum Gasteiger partial charge on any atom is -0.465 e. The molecule has 1 aliphatic heterocycles. The van der Waals surface area contributed by atoms with Crippen LogP contribution in [0.3, 0.4) is 0 Å². The van der Waals surface area contributed by atoms with Crippen LogP contribution >= 0.6 is 15.9 Å². The van der Waals surface area contributed by atoms with Crippen molar-refractivity contribution in [3.8, 4) is 0 Å². The van der Waals surface area contributed by atoms with Crippen LogP contribution in [0.25, 0.3) is 0 Å². The highest BCUT2D eigenvalue weighted by atomic mass is 79.9. The summed E-state index contributed by atoms with van der Waals surface area (Å²) in [6.45, 7) is 6.56. The second kappa shape index (κ2) is 6.54. The van der Waals surface area contributed by atoms with Gasteiger partial charge in [0.1, 0.15) is 5.82 Å². The number of carbonyl (C=O) groups is 1. The lowest BCUT2D eigenvalue weighted by Gasteiger charge is -2.35. The summed E-state index contributed by atoms with van der Waals surface area (Å²) >= 11 is 3.31. The number of halogens is 2. The van der Waals surface area contributed by atoms with Gasteiger partial charge in [0.15, 0.2) is 0 Å². The zero-order valence-electron chi connectivity index (χ0n) is 11.7. The first kappa shape index (κ1) is 15.3. The van der Waals surface area contributed by atoms with E-state index in [4.69, 9.17) is 0 Å². The van der Waals surface area contributed by atoms with E-state index in [-0.39, 0.29) is 5.56 Å². The van der Waals surface area contributed by atoms with Gasteiger partial charge in [0, 0.05) is 30.7 Å². The van der Waals surface area contributed by atoms with Gasteiger partial charge in [-0.2, -0.15) is 0 Å². The van der Waals surface area contributed by atoms with E-state index in [2.05, 4.69) is 32.5 Å². The van der Waals surface area contributed by atoms with E-state index in [1.165, 1.54) is 13.2 Å². The first-order valence-electron chi connectivity index (χ1n) is 6.61. The molecule has 1 aromatic rings. The summed E-state index contributed by atoms with van der Waals surface area (Å²) in [6, 6.07) is 2.89. The molecule has 4 nitrogen and oxygen atoms in total. The number of hydrogen-bond donors (Lipinski definition) is 0. The molecule has 2 rings (SSSR count). The second-order valence-electron chi connectivity index (χ2n) is 4.70. The van der Waals surface area contributed by atoms with Gasteiger partial charge in [-0.25, -0.2) is 9.18 Å². The third-order valence-corrected chi connectivity index (χ3v) is 4.26. The van der Waals surface area contributed by atoms with Crippen LogP contribution in [0, 0.1) is 5.82 Å². The smallest absolute Gasteiger partial charge is 0.339 e. The maximum Gasteiger partial charge on any atom is 0.339 e. The van der Waals surface area contributed by atoms with Gasteiger partial charge in [-0.3, -0.25) is 0 Å². The quantitative estimate of drug-likeness (QED) is 0.789. The van der Waals surface area contributed by atoms with E-state index in [1.54, 1.807) is 6.07 Å². The van der Waals surface area contributed by atoms with Crippen LogP contribution in [0.4, 0.5) is 10.1 Å². The van der Waals surface area contributed by atoms with Crippen LogP contribution in [0.15, 0.2) is 16.6 Å². The van der Waals surface area contributed by atoms with Crippen LogP contribution in [-0.2, 0) is 4.74 Å². The lowest BCUT2D eigenvalue weighted by Crippen LogP contribution is -2.46. The van der Waals surface area contributed by atoms with Gasteiger partial charge in [-0.1, -0.05) is 6.92 Å². The van der Waals surface area contributed by atoms with E-state index < -0.39 is 11.8 Å². The van der Waals surface area contributed by atoms with Crippen molar-refractivity contribution in [2.24, 2.45) is 0 Å². The normalized spacial score (nSPS) is 16.3. The van der Waals surface area contributed by atoms with E-state index in [0.29, 0.717) is 10.2 Å².